The van der Waals surface area contributed by atoms with Gasteiger partial charge in [-0.25, -0.2) is 13.9 Å². The van der Waals surface area contributed by atoms with Gasteiger partial charge >= 0.3 is 7.82 Å². The lowest BCUT2D eigenvalue weighted by Gasteiger charge is -2.21. The molecule has 13 nitrogen and oxygen atoms in total. The van der Waals surface area contributed by atoms with Crippen molar-refractivity contribution >= 4 is 36.4 Å². The number of imidazole rings is 1. The van der Waals surface area contributed by atoms with Crippen LogP contribution in [0.15, 0.2) is 6.33 Å². The molecule has 1 aliphatic rings. The van der Waals surface area contributed by atoms with Crippen LogP contribution in [0.2, 0.25) is 5.28 Å². The third kappa shape index (κ3) is 16.2. The summed E-state index contributed by atoms with van der Waals surface area (Å²) >= 11 is 5.91. The van der Waals surface area contributed by atoms with Crippen LogP contribution in [0.3, 0.4) is 0 Å². The second-order valence-corrected chi connectivity index (χ2v) is 15.3. The van der Waals surface area contributed by atoms with Crippen molar-refractivity contribution in [2.24, 2.45) is 0 Å². The number of nitrogens with zero attached hydrogens (tertiary/aromatic N) is 4. The van der Waals surface area contributed by atoms with Crippen LogP contribution in [0.1, 0.15) is 136 Å². The van der Waals surface area contributed by atoms with Crippen LogP contribution in [0, 0.1) is 0 Å². The highest BCUT2D eigenvalue weighted by Crippen LogP contribution is 2.45. The van der Waals surface area contributed by atoms with Crippen molar-refractivity contribution in [3.63, 3.8) is 0 Å². The van der Waals surface area contributed by atoms with Gasteiger partial charge in [0.1, 0.15) is 23.8 Å². The molecule has 16 heteroatoms. The molecular weight excluding hydrogens is 704 g/mol. The number of aliphatic hydroxyl groups excluding tert-OH is 1. The van der Waals surface area contributed by atoms with E-state index in [-0.39, 0.29) is 35.5 Å². The number of hydrogen-bond donors (Lipinski definition) is 3. The molecule has 0 bridgehead atoms. The number of phosphoric ester groups is 1. The summed E-state index contributed by atoms with van der Waals surface area (Å²) in [7, 11) is -4.63. The molecule has 0 aliphatic carbocycles. The Morgan fingerprint density at radius 1 is 0.902 bits per heavy atom. The van der Waals surface area contributed by atoms with Crippen molar-refractivity contribution in [1.82, 2.24) is 19.5 Å². The van der Waals surface area contributed by atoms with Crippen molar-refractivity contribution in [3.05, 3.63) is 11.6 Å². The summed E-state index contributed by atoms with van der Waals surface area (Å²) in [6.07, 6.45) is 16.0. The molecular formula is C35H62ClFN5O8P. The highest BCUT2D eigenvalue weighted by molar-refractivity contribution is 7.47. The quantitative estimate of drug-likeness (QED) is 0.0395. The van der Waals surface area contributed by atoms with E-state index in [1.54, 1.807) is 0 Å². The number of halogens is 2. The van der Waals surface area contributed by atoms with Gasteiger partial charge in [0.2, 0.25) is 5.28 Å². The molecule has 294 valence electrons. The first-order valence-electron chi connectivity index (χ1n) is 19.1. The Bertz CT molecular complexity index is 1280. The number of nitrogen functional groups attached to an aromatic ring is 1. The molecule has 2 aromatic rings. The summed E-state index contributed by atoms with van der Waals surface area (Å²) in [4.78, 5) is 22.4. The van der Waals surface area contributed by atoms with E-state index >= 15 is 4.39 Å². The number of aliphatic hydroxyl groups is 1. The summed E-state index contributed by atoms with van der Waals surface area (Å²) < 4.78 is 57.2. The zero-order valence-corrected chi connectivity index (χ0v) is 32.3. The molecule has 0 amide bonds. The van der Waals surface area contributed by atoms with E-state index in [1.165, 1.54) is 94.4 Å². The highest BCUT2D eigenvalue weighted by Gasteiger charge is 2.47. The molecule has 0 saturated carbocycles. The van der Waals surface area contributed by atoms with Crippen LogP contribution < -0.4 is 5.73 Å². The number of ether oxygens (including phenoxy) is 3. The Labute approximate surface area is 308 Å². The van der Waals surface area contributed by atoms with Crippen LogP contribution in [0.5, 0.6) is 0 Å². The minimum Gasteiger partial charge on any atom is -0.387 e. The Kier molecular flexibility index (Phi) is 21.3. The van der Waals surface area contributed by atoms with Crippen molar-refractivity contribution in [2.75, 3.05) is 38.8 Å². The van der Waals surface area contributed by atoms with Gasteiger partial charge in [-0.2, -0.15) is 9.97 Å². The number of anilines is 1. The summed E-state index contributed by atoms with van der Waals surface area (Å²) in [5, 5.41) is 10.4. The van der Waals surface area contributed by atoms with Gasteiger partial charge in [-0.3, -0.25) is 13.6 Å². The molecule has 0 aromatic carbocycles. The number of hydrogen-bond acceptors (Lipinski definition) is 11. The predicted octanol–water partition coefficient (Wildman–Crippen LogP) is 8.26. The van der Waals surface area contributed by atoms with E-state index < -0.39 is 45.1 Å². The topological polar surface area (TPSA) is 173 Å². The average Bonchev–Trinajstić information content (AvgIpc) is 3.65. The van der Waals surface area contributed by atoms with Crippen molar-refractivity contribution in [3.8, 4) is 0 Å². The number of nitrogens with two attached hydrogens (primary N) is 1. The molecule has 6 atom stereocenters. The molecule has 2 aromatic heterocycles. The monoisotopic (exact) mass is 765 g/mol. The van der Waals surface area contributed by atoms with Crippen LogP contribution in [-0.2, 0) is 27.8 Å². The SMILES string of the molecule is CCCCCCCCCCCCOCC(COP(=O)(O)OC[C@H]1O[C@@H](n2cnc3c(N)nc(Cl)nc32)[C@@H](F)[C@@H]1O)OCCCCCCCCCC. The lowest BCUT2D eigenvalue weighted by molar-refractivity contribution is -0.0569. The standard InChI is InChI=1S/C35H62ClFN5O8P/c1-3-5-7-9-11-13-14-15-17-19-21-46-23-27(47-22-20-18-16-12-10-8-6-4-2)24-48-51(44,45)49-25-28-31(43)29(37)34(50-28)42-26-39-30-32(38)40-35(36)41-33(30)42/h26-29,31,34,43H,3-25H2,1-2H3,(H,44,45)(H2,38,40,41)/t27?,28-,29+,31-,34-/m1/s1. The average molecular weight is 766 g/mol. The smallest absolute Gasteiger partial charge is 0.387 e. The second-order valence-electron chi connectivity index (χ2n) is 13.5. The second kappa shape index (κ2) is 24.8. The van der Waals surface area contributed by atoms with E-state index in [2.05, 4.69) is 28.8 Å². The lowest BCUT2D eigenvalue weighted by Crippen LogP contribution is -2.31. The van der Waals surface area contributed by atoms with Gasteiger partial charge < -0.3 is 29.9 Å². The molecule has 4 N–H and O–H groups in total. The fourth-order valence-corrected chi connectivity index (χ4v) is 7.02. The van der Waals surface area contributed by atoms with Crippen LogP contribution >= 0.6 is 19.4 Å². The summed E-state index contributed by atoms with van der Waals surface area (Å²) in [6, 6.07) is 0. The molecule has 3 rings (SSSR count). The predicted molar refractivity (Wildman–Crippen MR) is 196 cm³/mol. The number of fused-ring (bicyclic) bond motifs is 1. The first-order valence-corrected chi connectivity index (χ1v) is 21.0. The van der Waals surface area contributed by atoms with Crippen molar-refractivity contribution in [1.29, 1.82) is 0 Å². The Morgan fingerprint density at radius 3 is 2.08 bits per heavy atom. The molecule has 0 spiro atoms. The third-order valence-corrected chi connectivity index (χ3v) is 10.2. The number of unbranched alkanes of at least 4 members (excludes halogenated alkanes) is 16. The zero-order valence-electron chi connectivity index (χ0n) is 30.6. The van der Waals surface area contributed by atoms with E-state index in [0.29, 0.717) is 13.2 Å². The Hall–Kier alpha value is -1.48. The van der Waals surface area contributed by atoms with E-state index in [1.807, 2.05) is 0 Å². The normalized spacial score (nSPS) is 21.1. The van der Waals surface area contributed by atoms with Gasteiger partial charge in [0.25, 0.3) is 0 Å². The fraction of sp³-hybridized carbons (Fsp3) is 0.857. The van der Waals surface area contributed by atoms with Crippen LogP contribution in [0.25, 0.3) is 11.2 Å². The van der Waals surface area contributed by atoms with Crippen LogP contribution in [0.4, 0.5) is 10.2 Å². The summed E-state index contributed by atoms with van der Waals surface area (Å²) in [6.45, 7) is 4.84. The minimum atomic E-state index is -4.63. The summed E-state index contributed by atoms with van der Waals surface area (Å²) in [5.41, 5.74) is 6.13. The van der Waals surface area contributed by atoms with Crippen LogP contribution in [-0.4, -0.2) is 87.0 Å². The minimum absolute atomic E-state index is 0.000228. The Morgan fingerprint density at radius 2 is 1.47 bits per heavy atom. The number of alkyl halides is 1. The Balaban J connectivity index is 1.42. The largest absolute Gasteiger partial charge is 0.472 e. The first kappa shape index (κ1) is 43.9. The van der Waals surface area contributed by atoms with Crippen molar-refractivity contribution < 1.29 is 42.2 Å². The fourth-order valence-electron chi connectivity index (χ4n) is 6.08. The number of aromatic nitrogens is 4. The van der Waals surface area contributed by atoms with Gasteiger partial charge in [-0.05, 0) is 24.4 Å². The van der Waals surface area contributed by atoms with E-state index in [9.17, 15) is 14.6 Å². The lowest BCUT2D eigenvalue weighted by atomic mass is 10.1. The third-order valence-electron chi connectivity index (χ3n) is 9.11. The highest BCUT2D eigenvalue weighted by atomic mass is 35.5. The maximum atomic E-state index is 15.2. The zero-order chi connectivity index (χ0) is 36.9. The van der Waals surface area contributed by atoms with E-state index in [4.69, 9.17) is 40.6 Å². The molecule has 2 unspecified atom stereocenters. The molecule has 1 saturated heterocycles. The first-order chi connectivity index (χ1) is 24.7. The van der Waals surface area contributed by atoms with Gasteiger partial charge in [0, 0.05) is 13.2 Å². The van der Waals surface area contributed by atoms with Gasteiger partial charge in [-0.15, -0.1) is 0 Å². The molecule has 3 heterocycles. The molecule has 51 heavy (non-hydrogen) atoms. The number of phosphoric acid groups is 1. The van der Waals surface area contributed by atoms with Gasteiger partial charge in [0.05, 0.1) is 26.1 Å². The molecule has 0 radical (unpaired) electrons. The number of rotatable bonds is 30. The molecule has 1 fully saturated rings. The molecule has 1 aliphatic heterocycles. The maximum absolute atomic E-state index is 15.2. The summed E-state index contributed by atoms with van der Waals surface area (Å²) in [5.74, 6) is 0.000228. The van der Waals surface area contributed by atoms with Crippen molar-refractivity contribution in [2.45, 2.75) is 160 Å². The maximum Gasteiger partial charge on any atom is 0.472 e. The van der Waals surface area contributed by atoms with E-state index in [0.717, 1.165) is 32.1 Å². The van der Waals surface area contributed by atoms with Gasteiger partial charge in [0.15, 0.2) is 23.9 Å². The van der Waals surface area contributed by atoms with Gasteiger partial charge in [-0.1, -0.05) is 117 Å².